The summed E-state index contributed by atoms with van der Waals surface area (Å²) in [5, 5.41) is 16.2. The van der Waals surface area contributed by atoms with Crippen molar-refractivity contribution >= 4 is 16.6 Å². The van der Waals surface area contributed by atoms with Gasteiger partial charge in [-0.05, 0) is 30.7 Å². The lowest BCUT2D eigenvalue weighted by molar-refractivity contribution is -0.384. The normalized spacial score (nSPS) is 10.9. The van der Waals surface area contributed by atoms with Gasteiger partial charge in [0.15, 0.2) is 0 Å². The van der Waals surface area contributed by atoms with Crippen molar-refractivity contribution in [1.29, 1.82) is 0 Å². The molecule has 0 radical (unpaired) electrons. The average molecular weight is 268 g/mol. The fourth-order valence-electron chi connectivity index (χ4n) is 2.28. The van der Waals surface area contributed by atoms with Gasteiger partial charge in [0.05, 0.1) is 22.2 Å². The molecule has 0 amide bonds. The van der Waals surface area contributed by atoms with Gasteiger partial charge in [-0.1, -0.05) is 0 Å². The highest BCUT2D eigenvalue weighted by atomic mass is 16.6. The Kier molecular flexibility index (Phi) is 2.71. The molecular formula is C14H12N4O2. The Hall–Kier alpha value is -2.76. The van der Waals surface area contributed by atoms with Gasteiger partial charge in [-0.25, -0.2) is 0 Å². The summed E-state index contributed by atoms with van der Waals surface area (Å²) in [5.74, 6) is 0. The Labute approximate surface area is 114 Å². The number of nitro groups is 1. The minimum absolute atomic E-state index is 0.0797. The lowest BCUT2D eigenvalue weighted by Crippen LogP contribution is -1.95. The first-order valence-corrected chi connectivity index (χ1v) is 6.09. The monoisotopic (exact) mass is 268 g/mol. The van der Waals surface area contributed by atoms with Gasteiger partial charge in [-0.2, -0.15) is 5.10 Å². The quantitative estimate of drug-likeness (QED) is 0.529. The number of aromatic nitrogens is 3. The molecule has 0 aliphatic heterocycles. The van der Waals surface area contributed by atoms with Gasteiger partial charge in [0.1, 0.15) is 0 Å². The van der Waals surface area contributed by atoms with Crippen molar-refractivity contribution in [2.24, 2.45) is 7.05 Å². The molecule has 0 bridgehead atoms. The third kappa shape index (κ3) is 1.91. The summed E-state index contributed by atoms with van der Waals surface area (Å²) in [6.07, 6.45) is 3.28. The first kappa shape index (κ1) is 12.3. The van der Waals surface area contributed by atoms with Crippen LogP contribution in [-0.2, 0) is 7.05 Å². The van der Waals surface area contributed by atoms with Crippen LogP contribution in [-0.4, -0.2) is 19.7 Å². The first-order chi connectivity index (χ1) is 9.56. The smallest absolute Gasteiger partial charge is 0.268 e. The molecule has 20 heavy (non-hydrogen) atoms. The molecule has 3 aromatic rings. The molecule has 3 rings (SSSR count). The third-order valence-corrected chi connectivity index (χ3v) is 3.27. The van der Waals surface area contributed by atoms with Crippen LogP contribution in [0.25, 0.3) is 22.0 Å². The number of fused-ring (bicyclic) bond motifs is 1. The molecule has 100 valence electrons. The van der Waals surface area contributed by atoms with E-state index in [9.17, 15) is 10.1 Å². The van der Waals surface area contributed by atoms with Crippen LogP contribution in [0.1, 0.15) is 5.69 Å². The zero-order valence-corrected chi connectivity index (χ0v) is 11.1. The molecule has 0 saturated heterocycles. The van der Waals surface area contributed by atoms with Crippen molar-refractivity contribution in [3.63, 3.8) is 0 Å². The molecule has 2 aromatic heterocycles. The molecule has 0 aliphatic carbocycles. The highest BCUT2D eigenvalue weighted by Gasteiger charge is 2.18. The fraction of sp³-hybridized carbons (Fsp3) is 0.143. The molecule has 0 fully saturated rings. The Balaban J connectivity index is 2.34. The lowest BCUT2D eigenvalue weighted by Gasteiger charge is -2.05. The maximum atomic E-state index is 11.3. The summed E-state index contributed by atoms with van der Waals surface area (Å²) >= 11 is 0. The van der Waals surface area contributed by atoms with Gasteiger partial charge in [-0.3, -0.25) is 19.8 Å². The highest BCUT2D eigenvalue weighted by molar-refractivity contribution is 5.90. The van der Waals surface area contributed by atoms with Gasteiger partial charge in [0.25, 0.3) is 5.69 Å². The summed E-state index contributed by atoms with van der Waals surface area (Å²) in [6.45, 7) is 1.86. The second kappa shape index (κ2) is 4.41. The number of hydrogen-bond acceptors (Lipinski definition) is 4. The van der Waals surface area contributed by atoms with E-state index < -0.39 is 0 Å². The molecule has 2 heterocycles. The van der Waals surface area contributed by atoms with Crippen LogP contribution in [0.2, 0.25) is 0 Å². The fourth-order valence-corrected chi connectivity index (χ4v) is 2.28. The maximum Gasteiger partial charge on any atom is 0.278 e. The minimum atomic E-state index is -0.364. The molecule has 0 N–H and O–H groups in total. The molecule has 0 atom stereocenters. The van der Waals surface area contributed by atoms with Gasteiger partial charge in [-0.15, -0.1) is 0 Å². The minimum Gasteiger partial charge on any atom is -0.268 e. The standard InChI is InChI=1S/C14H12N4O2/c1-9-5-10(3-4-15-9)12-7-13-11(8-16-17(13)2)6-14(12)18(19)20/h3-8H,1-2H3. The van der Waals surface area contributed by atoms with Crippen LogP contribution in [0.3, 0.4) is 0 Å². The summed E-state index contributed by atoms with van der Waals surface area (Å²) in [7, 11) is 1.82. The van der Waals surface area contributed by atoms with Gasteiger partial charge in [0, 0.05) is 30.4 Å². The van der Waals surface area contributed by atoms with Gasteiger partial charge >= 0.3 is 0 Å². The second-order valence-corrected chi connectivity index (χ2v) is 4.64. The Morgan fingerprint density at radius 2 is 2.10 bits per heavy atom. The van der Waals surface area contributed by atoms with E-state index in [0.717, 1.165) is 22.2 Å². The number of pyridine rings is 1. The number of nitrogens with zero attached hydrogens (tertiary/aromatic N) is 4. The summed E-state index contributed by atoms with van der Waals surface area (Å²) < 4.78 is 1.70. The summed E-state index contributed by atoms with van der Waals surface area (Å²) in [4.78, 5) is 15.1. The Morgan fingerprint density at radius 3 is 2.80 bits per heavy atom. The predicted molar refractivity (Wildman–Crippen MR) is 75.3 cm³/mol. The van der Waals surface area contributed by atoms with E-state index in [1.807, 2.05) is 20.0 Å². The molecule has 6 heteroatoms. The molecule has 0 saturated carbocycles. The Morgan fingerprint density at radius 1 is 1.30 bits per heavy atom. The van der Waals surface area contributed by atoms with Crippen LogP contribution < -0.4 is 0 Å². The molecule has 0 aliphatic rings. The van der Waals surface area contributed by atoms with Crippen LogP contribution in [0.5, 0.6) is 0 Å². The van der Waals surface area contributed by atoms with Crippen molar-refractivity contribution < 1.29 is 4.92 Å². The van der Waals surface area contributed by atoms with Crippen molar-refractivity contribution in [1.82, 2.24) is 14.8 Å². The molecule has 0 spiro atoms. The zero-order chi connectivity index (χ0) is 14.3. The lowest BCUT2D eigenvalue weighted by atomic mass is 10.0. The van der Waals surface area contributed by atoms with Crippen molar-refractivity contribution in [2.75, 3.05) is 0 Å². The molecule has 0 unspecified atom stereocenters. The van der Waals surface area contributed by atoms with Crippen LogP contribution in [0.15, 0.2) is 36.7 Å². The van der Waals surface area contributed by atoms with Crippen molar-refractivity contribution in [2.45, 2.75) is 6.92 Å². The largest absolute Gasteiger partial charge is 0.278 e. The molecule has 6 nitrogen and oxygen atoms in total. The topological polar surface area (TPSA) is 73.8 Å². The maximum absolute atomic E-state index is 11.3. The van der Waals surface area contributed by atoms with Crippen LogP contribution >= 0.6 is 0 Å². The third-order valence-electron chi connectivity index (χ3n) is 3.27. The van der Waals surface area contributed by atoms with Crippen molar-refractivity contribution in [3.8, 4) is 11.1 Å². The van der Waals surface area contributed by atoms with E-state index in [-0.39, 0.29) is 10.6 Å². The second-order valence-electron chi connectivity index (χ2n) is 4.64. The number of hydrogen-bond donors (Lipinski definition) is 0. The SMILES string of the molecule is Cc1cc(-c2cc3c(cnn3C)cc2[N+](=O)[O-])ccn1. The Bertz CT molecular complexity index is 823. The van der Waals surface area contributed by atoms with E-state index >= 15 is 0 Å². The van der Waals surface area contributed by atoms with Crippen LogP contribution in [0, 0.1) is 17.0 Å². The molecule has 1 aromatic carbocycles. The summed E-state index contributed by atoms with van der Waals surface area (Å²) in [5.41, 5.74) is 3.13. The number of aryl methyl sites for hydroxylation is 2. The van der Waals surface area contributed by atoms with Crippen LogP contribution in [0.4, 0.5) is 5.69 Å². The first-order valence-electron chi connectivity index (χ1n) is 6.09. The number of benzene rings is 1. The molecular weight excluding hydrogens is 256 g/mol. The highest BCUT2D eigenvalue weighted by Crippen LogP contribution is 2.33. The average Bonchev–Trinajstić information content (AvgIpc) is 2.78. The van der Waals surface area contributed by atoms with Crippen molar-refractivity contribution in [3.05, 3.63) is 52.5 Å². The predicted octanol–water partition coefficient (Wildman–Crippen LogP) is 2.85. The van der Waals surface area contributed by atoms with Gasteiger partial charge in [0.2, 0.25) is 0 Å². The number of nitro benzene ring substituents is 1. The van der Waals surface area contributed by atoms with E-state index in [1.165, 1.54) is 0 Å². The van der Waals surface area contributed by atoms with E-state index in [2.05, 4.69) is 10.1 Å². The van der Waals surface area contributed by atoms with E-state index in [4.69, 9.17) is 0 Å². The number of rotatable bonds is 2. The van der Waals surface area contributed by atoms with E-state index in [0.29, 0.717) is 5.56 Å². The zero-order valence-electron chi connectivity index (χ0n) is 11.1. The summed E-state index contributed by atoms with van der Waals surface area (Å²) in [6, 6.07) is 6.98. The van der Waals surface area contributed by atoms with Gasteiger partial charge < -0.3 is 0 Å². The van der Waals surface area contributed by atoms with E-state index in [1.54, 1.807) is 35.3 Å².